The number of alkyl halides is 3. The zero-order valence-electron chi connectivity index (χ0n) is 10.6. The molecule has 110 valence electrons. The number of thioether (sulfide) groups is 1. The van der Waals surface area contributed by atoms with Gasteiger partial charge in [0, 0.05) is 45.3 Å². The summed E-state index contributed by atoms with van der Waals surface area (Å²) in [5.74, 6) is -0.905. The van der Waals surface area contributed by atoms with Crippen LogP contribution in [0.2, 0.25) is 0 Å². The first kappa shape index (κ1) is 14.9. The van der Waals surface area contributed by atoms with Gasteiger partial charge in [-0.2, -0.15) is 13.2 Å². The van der Waals surface area contributed by atoms with Gasteiger partial charge in [-0.25, -0.2) is 0 Å². The molecule has 19 heavy (non-hydrogen) atoms. The van der Waals surface area contributed by atoms with E-state index in [0.717, 1.165) is 32.6 Å². The molecule has 2 rings (SSSR count). The van der Waals surface area contributed by atoms with Crippen molar-refractivity contribution in [2.75, 3.05) is 45.0 Å². The zero-order valence-corrected chi connectivity index (χ0v) is 11.4. The third kappa shape index (κ3) is 4.54. The molecule has 2 fully saturated rings. The molecule has 0 aromatic heterocycles. The number of amides is 1. The van der Waals surface area contributed by atoms with E-state index < -0.39 is 17.2 Å². The Morgan fingerprint density at radius 2 is 1.95 bits per heavy atom. The van der Waals surface area contributed by atoms with Gasteiger partial charge in [0.15, 0.2) is 0 Å². The second-order valence-electron chi connectivity index (χ2n) is 4.80. The van der Waals surface area contributed by atoms with Crippen LogP contribution in [-0.4, -0.2) is 72.3 Å². The summed E-state index contributed by atoms with van der Waals surface area (Å²) < 4.78 is 36.1. The molecule has 0 bridgehead atoms. The van der Waals surface area contributed by atoms with Gasteiger partial charge in [-0.1, -0.05) is 0 Å². The molecule has 0 aromatic rings. The van der Waals surface area contributed by atoms with Gasteiger partial charge >= 0.3 is 5.51 Å². The first-order chi connectivity index (χ1) is 8.96. The van der Waals surface area contributed by atoms with Crippen molar-refractivity contribution in [3.63, 3.8) is 0 Å². The Morgan fingerprint density at radius 3 is 2.58 bits per heavy atom. The molecule has 0 radical (unpaired) electrons. The molecule has 1 amide bonds. The number of rotatable bonds is 3. The van der Waals surface area contributed by atoms with Crippen molar-refractivity contribution in [2.24, 2.45) is 0 Å². The van der Waals surface area contributed by atoms with Gasteiger partial charge in [-0.15, -0.1) is 0 Å². The first-order valence-electron chi connectivity index (χ1n) is 6.39. The van der Waals surface area contributed by atoms with Crippen LogP contribution in [-0.2, 0) is 4.79 Å². The minimum atomic E-state index is -4.33. The van der Waals surface area contributed by atoms with E-state index in [1.807, 2.05) is 0 Å². The third-order valence-corrected chi connectivity index (χ3v) is 4.26. The third-order valence-electron chi connectivity index (χ3n) is 3.54. The van der Waals surface area contributed by atoms with Crippen LogP contribution in [0.25, 0.3) is 0 Å². The van der Waals surface area contributed by atoms with Gasteiger partial charge in [-0.05, 0) is 18.2 Å². The molecule has 0 aliphatic carbocycles. The summed E-state index contributed by atoms with van der Waals surface area (Å²) in [6, 6.07) is 0.307. The van der Waals surface area contributed by atoms with Gasteiger partial charge in [0.05, 0.1) is 5.75 Å². The molecule has 0 saturated carbocycles. The number of likely N-dealkylation sites (tertiary alicyclic amines) is 1. The molecule has 2 aliphatic rings. The fourth-order valence-electron chi connectivity index (χ4n) is 2.55. The number of nitrogens with one attached hydrogen (secondary N) is 1. The number of nitrogens with zero attached hydrogens (tertiary/aromatic N) is 2. The van der Waals surface area contributed by atoms with E-state index in [0.29, 0.717) is 19.1 Å². The number of halogens is 3. The molecule has 1 atom stereocenters. The Morgan fingerprint density at radius 1 is 1.26 bits per heavy atom. The van der Waals surface area contributed by atoms with Crippen molar-refractivity contribution in [1.82, 2.24) is 15.1 Å². The van der Waals surface area contributed by atoms with Crippen LogP contribution in [0, 0.1) is 0 Å². The summed E-state index contributed by atoms with van der Waals surface area (Å²) in [5.41, 5.74) is -4.33. The van der Waals surface area contributed by atoms with Crippen molar-refractivity contribution in [2.45, 2.75) is 18.0 Å². The molecule has 4 nitrogen and oxygen atoms in total. The van der Waals surface area contributed by atoms with Crippen LogP contribution >= 0.6 is 11.8 Å². The lowest BCUT2D eigenvalue weighted by Crippen LogP contribution is -2.49. The van der Waals surface area contributed by atoms with Crippen molar-refractivity contribution in [3.05, 3.63) is 0 Å². The maximum atomic E-state index is 12.0. The average Bonchev–Trinajstić information content (AvgIpc) is 2.86. The predicted molar refractivity (Wildman–Crippen MR) is 67.9 cm³/mol. The van der Waals surface area contributed by atoms with E-state index >= 15 is 0 Å². The second-order valence-corrected chi connectivity index (χ2v) is 5.84. The van der Waals surface area contributed by atoms with Crippen molar-refractivity contribution < 1.29 is 18.0 Å². The van der Waals surface area contributed by atoms with Crippen molar-refractivity contribution in [3.8, 4) is 0 Å². The maximum Gasteiger partial charge on any atom is 0.442 e. The van der Waals surface area contributed by atoms with E-state index in [1.54, 1.807) is 4.90 Å². The normalized spacial score (nSPS) is 25.8. The Kier molecular flexibility index (Phi) is 4.97. The highest BCUT2D eigenvalue weighted by Gasteiger charge is 2.34. The Balaban J connectivity index is 1.76. The topological polar surface area (TPSA) is 35.6 Å². The Bertz CT molecular complexity index is 321. The minimum Gasteiger partial charge on any atom is -0.340 e. The summed E-state index contributed by atoms with van der Waals surface area (Å²) in [6.07, 6.45) is 0.864. The van der Waals surface area contributed by atoms with E-state index in [2.05, 4.69) is 10.2 Å². The largest absolute Gasteiger partial charge is 0.442 e. The number of carbonyl (C=O) groups excluding carboxylic acids is 1. The molecular weight excluding hydrogens is 279 g/mol. The highest BCUT2D eigenvalue weighted by molar-refractivity contribution is 8.00. The van der Waals surface area contributed by atoms with Crippen molar-refractivity contribution in [1.29, 1.82) is 0 Å². The molecular formula is C11H18F3N3OS. The highest BCUT2D eigenvalue weighted by Crippen LogP contribution is 2.30. The summed E-state index contributed by atoms with van der Waals surface area (Å²) in [6.45, 7) is 4.92. The minimum absolute atomic E-state index is 0.249. The summed E-state index contributed by atoms with van der Waals surface area (Å²) in [5, 5.41) is 3.26. The molecule has 1 N–H and O–H groups in total. The van der Waals surface area contributed by atoms with Crippen molar-refractivity contribution >= 4 is 17.7 Å². The van der Waals surface area contributed by atoms with Crippen LogP contribution in [0.1, 0.15) is 6.42 Å². The zero-order chi connectivity index (χ0) is 13.9. The van der Waals surface area contributed by atoms with Crippen LogP contribution in [0.5, 0.6) is 0 Å². The van der Waals surface area contributed by atoms with Crippen LogP contribution < -0.4 is 5.32 Å². The van der Waals surface area contributed by atoms with Crippen LogP contribution in [0.15, 0.2) is 0 Å². The molecule has 0 aromatic carbocycles. The Hall–Kier alpha value is -0.470. The summed E-state index contributed by atoms with van der Waals surface area (Å²) in [4.78, 5) is 15.6. The van der Waals surface area contributed by atoms with E-state index in [1.165, 1.54) is 0 Å². The molecule has 0 spiro atoms. The fraction of sp³-hybridized carbons (Fsp3) is 0.909. The predicted octanol–water partition coefficient (Wildman–Crippen LogP) is 0.746. The monoisotopic (exact) mass is 297 g/mol. The SMILES string of the molecule is O=C(CSC(F)(F)F)N1CCC(N2CCNCC2)C1. The summed E-state index contributed by atoms with van der Waals surface area (Å²) in [7, 11) is 0. The average molecular weight is 297 g/mol. The van der Waals surface area contributed by atoms with Gasteiger partial charge < -0.3 is 10.2 Å². The number of piperazine rings is 1. The first-order valence-corrected chi connectivity index (χ1v) is 7.37. The lowest BCUT2D eigenvalue weighted by molar-refractivity contribution is -0.127. The molecule has 8 heteroatoms. The second kappa shape index (κ2) is 6.32. The van der Waals surface area contributed by atoms with Crippen LogP contribution in [0.3, 0.4) is 0 Å². The van der Waals surface area contributed by atoms with Gasteiger partial charge in [0.2, 0.25) is 5.91 Å². The lowest BCUT2D eigenvalue weighted by atomic mass is 10.2. The van der Waals surface area contributed by atoms with Gasteiger partial charge in [0.1, 0.15) is 0 Å². The number of carbonyl (C=O) groups is 1. The summed E-state index contributed by atoms with van der Waals surface area (Å²) >= 11 is -0.249. The Labute approximate surface area is 114 Å². The smallest absolute Gasteiger partial charge is 0.340 e. The standard InChI is InChI=1S/C11H18F3N3OS/c12-11(13,14)19-8-10(18)17-4-1-9(7-17)16-5-2-15-3-6-16/h9,15H,1-8H2. The molecule has 2 saturated heterocycles. The molecule has 1 unspecified atom stereocenters. The highest BCUT2D eigenvalue weighted by atomic mass is 32.2. The van der Waals surface area contributed by atoms with Crippen LogP contribution in [0.4, 0.5) is 13.2 Å². The fourth-order valence-corrected chi connectivity index (χ4v) is 3.02. The molecule has 2 heterocycles. The van der Waals surface area contributed by atoms with E-state index in [4.69, 9.17) is 0 Å². The van der Waals surface area contributed by atoms with E-state index in [-0.39, 0.29) is 11.8 Å². The number of hydrogen-bond acceptors (Lipinski definition) is 4. The lowest BCUT2D eigenvalue weighted by Gasteiger charge is -2.32. The quantitative estimate of drug-likeness (QED) is 0.834. The van der Waals surface area contributed by atoms with E-state index in [9.17, 15) is 18.0 Å². The molecule has 2 aliphatic heterocycles. The number of hydrogen-bond donors (Lipinski definition) is 1. The van der Waals surface area contributed by atoms with Gasteiger partial charge in [-0.3, -0.25) is 9.69 Å². The maximum absolute atomic E-state index is 12.0. The van der Waals surface area contributed by atoms with Gasteiger partial charge in [0.25, 0.3) is 0 Å².